The number of urea groups is 1. The first-order chi connectivity index (χ1) is 9.24. The van der Waals surface area contributed by atoms with Crippen molar-refractivity contribution in [1.29, 1.82) is 0 Å². The number of ether oxygens (including phenoxy) is 1. The minimum Gasteiger partial charge on any atom is -0.443 e. The van der Waals surface area contributed by atoms with E-state index in [1.165, 1.54) is 10.9 Å². The molecule has 1 rings (SSSR count). The molecular weight excluding hydrogens is 262 g/mol. The van der Waals surface area contributed by atoms with Crippen LogP contribution in [0.1, 0.15) is 20.8 Å². The van der Waals surface area contributed by atoms with Gasteiger partial charge in [-0.3, -0.25) is 10.00 Å². The van der Waals surface area contributed by atoms with E-state index in [1.807, 2.05) is 0 Å². The Hall–Kier alpha value is -2.09. The van der Waals surface area contributed by atoms with Crippen molar-refractivity contribution in [3.05, 3.63) is 12.3 Å². The summed E-state index contributed by atoms with van der Waals surface area (Å²) >= 11 is 0. The first-order valence-electron chi connectivity index (χ1n) is 6.24. The van der Waals surface area contributed by atoms with Gasteiger partial charge in [0.2, 0.25) is 0 Å². The molecule has 0 saturated heterocycles. The fourth-order valence-corrected chi connectivity index (χ4v) is 1.40. The molecule has 20 heavy (non-hydrogen) atoms. The first kappa shape index (κ1) is 16.0. The number of hydrogen-bond acceptors (Lipinski definition) is 5. The molecular formula is C12H21N5O3. The summed E-state index contributed by atoms with van der Waals surface area (Å²) in [7, 11) is 1.68. The molecule has 0 aliphatic heterocycles. The van der Waals surface area contributed by atoms with Gasteiger partial charge in [-0.05, 0) is 20.8 Å². The molecule has 0 aliphatic rings. The molecule has 0 aliphatic carbocycles. The maximum Gasteiger partial charge on any atom is 0.418 e. The van der Waals surface area contributed by atoms with Gasteiger partial charge in [0.1, 0.15) is 11.4 Å². The van der Waals surface area contributed by atoms with Crippen LogP contribution in [-0.2, 0) is 11.8 Å². The number of nitrogens with one attached hydrogen (secondary N) is 1. The van der Waals surface area contributed by atoms with Gasteiger partial charge in [-0.2, -0.15) is 5.10 Å². The molecule has 3 N–H and O–H groups in total. The molecule has 0 spiro atoms. The predicted molar refractivity (Wildman–Crippen MR) is 74.2 cm³/mol. The number of nitrogens with zero attached hydrogens (tertiary/aromatic N) is 3. The zero-order valence-corrected chi connectivity index (χ0v) is 12.2. The number of carbonyl (C=O) groups is 2. The minimum absolute atomic E-state index is 0.0681. The second kappa shape index (κ2) is 6.38. The van der Waals surface area contributed by atoms with Gasteiger partial charge in [0.05, 0.1) is 6.20 Å². The molecule has 0 saturated carbocycles. The van der Waals surface area contributed by atoms with E-state index >= 15 is 0 Å². The van der Waals surface area contributed by atoms with Gasteiger partial charge in [-0.25, -0.2) is 14.5 Å². The van der Waals surface area contributed by atoms with Gasteiger partial charge in [-0.15, -0.1) is 0 Å². The third kappa shape index (κ3) is 4.54. The Balaban J connectivity index is 2.77. The predicted octanol–water partition coefficient (Wildman–Crippen LogP) is 1.15. The molecule has 0 fully saturated rings. The van der Waals surface area contributed by atoms with Gasteiger partial charge in [0.15, 0.2) is 0 Å². The molecule has 1 aromatic heterocycles. The van der Waals surface area contributed by atoms with Crippen LogP contribution in [-0.4, -0.2) is 45.5 Å². The Morgan fingerprint density at radius 3 is 2.60 bits per heavy atom. The summed E-state index contributed by atoms with van der Waals surface area (Å²) in [4.78, 5) is 25.0. The molecule has 1 heterocycles. The number of rotatable bonds is 3. The second-order valence-electron chi connectivity index (χ2n) is 5.19. The molecule has 0 unspecified atom stereocenters. The second-order valence-corrected chi connectivity index (χ2v) is 5.19. The molecule has 1 aromatic rings. The summed E-state index contributed by atoms with van der Waals surface area (Å²) < 4.78 is 6.65. The number of carbonyl (C=O) groups excluding carboxylic acids is 2. The van der Waals surface area contributed by atoms with E-state index < -0.39 is 17.7 Å². The van der Waals surface area contributed by atoms with Crippen LogP contribution in [0.3, 0.4) is 0 Å². The summed E-state index contributed by atoms with van der Waals surface area (Å²) in [6.07, 6.45) is 0.804. The monoisotopic (exact) mass is 283 g/mol. The normalized spacial score (nSPS) is 11.1. The fraction of sp³-hybridized carbons (Fsp3) is 0.583. The zero-order chi connectivity index (χ0) is 15.3. The fourth-order valence-electron chi connectivity index (χ4n) is 1.40. The number of aromatic nitrogens is 2. The van der Waals surface area contributed by atoms with Gasteiger partial charge in [0.25, 0.3) is 0 Å². The summed E-state index contributed by atoms with van der Waals surface area (Å²) in [5, 5.41) is 6.49. The van der Waals surface area contributed by atoms with E-state index in [0.29, 0.717) is 5.82 Å². The van der Waals surface area contributed by atoms with Crippen molar-refractivity contribution < 1.29 is 14.3 Å². The SMILES string of the molecule is Cn1nccc1NC(=O)N(CCN)C(=O)OC(C)(C)C. The number of anilines is 1. The molecule has 112 valence electrons. The van der Waals surface area contributed by atoms with Gasteiger partial charge in [-0.1, -0.05) is 0 Å². The first-order valence-corrected chi connectivity index (χ1v) is 6.24. The maximum atomic E-state index is 12.1. The van der Waals surface area contributed by atoms with Crippen molar-refractivity contribution in [1.82, 2.24) is 14.7 Å². The summed E-state index contributed by atoms with van der Waals surface area (Å²) in [6.45, 7) is 5.40. The lowest BCUT2D eigenvalue weighted by atomic mass is 10.2. The lowest BCUT2D eigenvalue weighted by Gasteiger charge is -2.25. The third-order valence-corrected chi connectivity index (χ3v) is 2.27. The standard InChI is InChI=1S/C12H21N5O3/c1-12(2,3)20-11(19)17(8-6-13)10(18)15-9-5-7-14-16(9)4/h5,7H,6,8,13H2,1-4H3,(H,15,18). The quantitative estimate of drug-likeness (QED) is 0.866. The van der Waals surface area contributed by atoms with Crippen LogP contribution >= 0.6 is 0 Å². The summed E-state index contributed by atoms with van der Waals surface area (Å²) in [5.41, 5.74) is 4.74. The smallest absolute Gasteiger partial charge is 0.418 e. The van der Waals surface area contributed by atoms with Gasteiger partial charge in [0, 0.05) is 26.2 Å². The Kier molecular flexibility index (Phi) is 5.09. The van der Waals surface area contributed by atoms with E-state index in [9.17, 15) is 9.59 Å². The molecule has 8 heteroatoms. The molecule has 0 bridgehead atoms. The number of imide groups is 1. The summed E-state index contributed by atoms with van der Waals surface area (Å²) in [5.74, 6) is 0.473. The van der Waals surface area contributed by atoms with E-state index in [2.05, 4.69) is 10.4 Å². The molecule has 0 radical (unpaired) electrons. The molecule has 8 nitrogen and oxygen atoms in total. The van der Waals surface area contributed by atoms with E-state index in [4.69, 9.17) is 10.5 Å². The van der Waals surface area contributed by atoms with Crippen molar-refractivity contribution >= 4 is 17.9 Å². The van der Waals surface area contributed by atoms with Crippen LogP contribution in [0.25, 0.3) is 0 Å². The van der Waals surface area contributed by atoms with Crippen molar-refractivity contribution in [2.75, 3.05) is 18.4 Å². The Morgan fingerprint density at radius 2 is 2.15 bits per heavy atom. The highest BCUT2D eigenvalue weighted by Crippen LogP contribution is 2.11. The lowest BCUT2D eigenvalue weighted by molar-refractivity contribution is 0.0336. The maximum absolute atomic E-state index is 12.1. The third-order valence-electron chi connectivity index (χ3n) is 2.27. The van der Waals surface area contributed by atoms with Crippen LogP contribution in [0.2, 0.25) is 0 Å². The molecule has 0 aromatic carbocycles. The minimum atomic E-state index is -0.734. The Bertz CT molecular complexity index is 478. The van der Waals surface area contributed by atoms with Crippen LogP contribution in [0.4, 0.5) is 15.4 Å². The average Bonchev–Trinajstić information content (AvgIpc) is 2.69. The largest absolute Gasteiger partial charge is 0.443 e. The van der Waals surface area contributed by atoms with Crippen molar-refractivity contribution in [3.63, 3.8) is 0 Å². The van der Waals surface area contributed by atoms with E-state index in [-0.39, 0.29) is 13.1 Å². The van der Waals surface area contributed by atoms with E-state index in [0.717, 1.165) is 4.90 Å². The van der Waals surface area contributed by atoms with Crippen molar-refractivity contribution in [3.8, 4) is 0 Å². The van der Waals surface area contributed by atoms with Crippen LogP contribution < -0.4 is 11.1 Å². The van der Waals surface area contributed by atoms with Gasteiger partial charge >= 0.3 is 12.1 Å². The number of amides is 3. The van der Waals surface area contributed by atoms with E-state index in [1.54, 1.807) is 33.9 Å². The number of aryl methyl sites for hydroxylation is 1. The average molecular weight is 283 g/mol. The molecule has 0 atom stereocenters. The summed E-state index contributed by atoms with van der Waals surface area (Å²) in [6, 6.07) is 1.02. The Morgan fingerprint density at radius 1 is 1.50 bits per heavy atom. The lowest BCUT2D eigenvalue weighted by Crippen LogP contribution is -2.45. The van der Waals surface area contributed by atoms with Crippen LogP contribution in [0.5, 0.6) is 0 Å². The molecule has 3 amide bonds. The highest BCUT2D eigenvalue weighted by Gasteiger charge is 2.27. The number of nitrogens with two attached hydrogens (primary N) is 1. The van der Waals surface area contributed by atoms with Gasteiger partial charge < -0.3 is 10.5 Å². The number of hydrogen-bond donors (Lipinski definition) is 2. The zero-order valence-electron chi connectivity index (χ0n) is 12.2. The topological polar surface area (TPSA) is 102 Å². The highest BCUT2D eigenvalue weighted by atomic mass is 16.6. The van der Waals surface area contributed by atoms with Crippen LogP contribution in [0.15, 0.2) is 12.3 Å². The van der Waals surface area contributed by atoms with Crippen LogP contribution in [0, 0.1) is 0 Å². The highest BCUT2D eigenvalue weighted by molar-refractivity contribution is 5.98. The van der Waals surface area contributed by atoms with Crippen molar-refractivity contribution in [2.24, 2.45) is 12.8 Å². The van der Waals surface area contributed by atoms with Crippen molar-refractivity contribution in [2.45, 2.75) is 26.4 Å². The Labute approximate surface area is 117 Å².